The summed E-state index contributed by atoms with van der Waals surface area (Å²) in [5.74, 6) is -0.219. The molecule has 0 aliphatic carbocycles. The molecule has 0 spiro atoms. The molecule has 3 heterocycles. The Labute approximate surface area is 163 Å². The van der Waals surface area contributed by atoms with Crippen LogP contribution in [0.1, 0.15) is 40.3 Å². The van der Waals surface area contributed by atoms with E-state index in [2.05, 4.69) is 33.2 Å². The first-order valence-electron chi connectivity index (χ1n) is 8.88. The van der Waals surface area contributed by atoms with Crippen molar-refractivity contribution in [3.8, 4) is 0 Å². The minimum atomic E-state index is -0.219. The summed E-state index contributed by atoms with van der Waals surface area (Å²) in [5, 5.41) is 4.04. The molecule has 4 nitrogen and oxygen atoms in total. The van der Waals surface area contributed by atoms with Crippen molar-refractivity contribution in [3.63, 3.8) is 0 Å². The molecule has 6 heteroatoms. The van der Waals surface area contributed by atoms with Gasteiger partial charge in [0.2, 0.25) is 0 Å². The average molecular weight is 380 g/mol. The molecule has 138 valence electrons. The molecule has 1 saturated heterocycles. The zero-order valence-corrected chi connectivity index (χ0v) is 16.3. The molecule has 0 radical (unpaired) electrons. The van der Waals surface area contributed by atoms with Crippen molar-refractivity contribution in [1.29, 1.82) is 0 Å². The largest absolute Gasteiger partial charge is 0.362 e. The number of hydrogen-bond acceptors (Lipinski definition) is 2. The van der Waals surface area contributed by atoms with E-state index in [1.54, 1.807) is 19.2 Å². The molecule has 2 aromatic heterocycles. The lowest BCUT2D eigenvalue weighted by molar-refractivity contribution is 0.565. The third-order valence-corrected chi connectivity index (χ3v) is 5.34. The molecule has 0 amide bonds. The molecule has 1 aliphatic heterocycles. The van der Waals surface area contributed by atoms with E-state index in [4.69, 9.17) is 12.2 Å². The number of aryl methyl sites for hydroxylation is 3. The normalized spacial score (nSPS) is 19.4. The lowest BCUT2D eigenvalue weighted by Crippen LogP contribution is -2.29. The smallest absolute Gasteiger partial charge is 0.174 e. The Bertz CT molecular complexity index is 999. The van der Waals surface area contributed by atoms with Crippen LogP contribution in [0.4, 0.5) is 10.1 Å². The molecule has 2 N–H and O–H groups in total. The number of anilines is 1. The van der Waals surface area contributed by atoms with Gasteiger partial charge in [-0.15, -0.1) is 0 Å². The summed E-state index contributed by atoms with van der Waals surface area (Å²) in [5.41, 5.74) is 5.72. The summed E-state index contributed by atoms with van der Waals surface area (Å²) in [6, 6.07) is 13.0. The van der Waals surface area contributed by atoms with E-state index in [-0.39, 0.29) is 17.9 Å². The standard InChI is InChI=1S/C21H21FN4S/c1-12-10-15(7-8-17(12)22)26-20(16-11-13(2)24-14(16)3)19(25-21(26)27)18-6-4-5-9-23-18/h4-11,19-20,24H,1-3H3,(H,25,27)/t19-,20-/m1/s1. The lowest BCUT2D eigenvalue weighted by atomic mass is 9.96. The number of pyridine rings is 1. The van der Waals surface area contributed by atoms with Gasteiger partial charge in [0.25, 0.3) is 0 Å². The maximum absolute atomic E-state index is 13.8. The van der Waals surface area contributed by atoms with Gasteiger partial charge in [0.15, 0.2) is 5.11 Å². The summed E-state index contributed by atoms with van der Waals surface area (Å²) in [6.45, 7) is 5.87. The Kier molecular flexibility index (Phi) is 4.44. The van der Waals surface area contributed by atoms with E-state index in [0.717, 1.165) is 28.3 Å². The van der Waals surface area contributed by atoms with Gasteiger partial charge in [-0.05, 0) is 80.5 Å². The van der Waals surface area contributed by atoms with Crippen LogP contribution in [0.25, 0.3) is 0 Å². The minimum Gasteiger partial charge on any atom is -0.362 e. The number of benzene rings is 1. The molecule has 4 rings (SSSR count). The van der Waals surface area contributed by atoms with Gasteiger partial charge in [-0.2, -0.15) is 0 Å². The highest BCUT2D eigenvalue weighted by Crippen LogP contribution is 2.42. The predicted molar refractivity (Wildman–Crippen MR) is 109 cm³/mol. The number of H-pyrrole nitrogens is 1. The first kappa shape index (κ1) is 17.7. The molecule has 0 bridgehead atoms. The van der Waals surface area contributed by atoms with Crippen LogP contribution >= 0.6 is 12.2 Å². The van der Waals surface area contributed by atoms with Crippen molar-refractivity contribution >= 4 is 23.0 Å². The topological polar surface area (TPSA) is 44.0 Å². The summed E-state index contributed by atoms with van der Waals surface area (Å²) < 4.78 is 13.8. The fourth-order valence-corrected chi connectivity index (χ4v) is 4.13. The quantitative estimate of drug-likeness (QED) is 0.649. The molecule has 3 aromatic rings. The van der Waals surface area contributed by atoms with Crippen molar-refractivity contribution in [2.24, 2.45) is 0 Å². The van der Waals surface area contributed by atoms with Crippen LogP contribution < -0.4 is 10.2 Å². The summed E-state index contributed by atoms with van der Waals surface area (Å²) in [6.07, 6.45) is 1.79. The van der Waals surface area contributed by atoms with Crippen LogP contribution in [0.2, 0.25) is 0 Å². The second kappa shape index (κ2) is 6.78. The van der Waals surface area contributed by atoms with Crippen molar-refractivity contribution in [2.75, 3.05) is 4.90 Å². The van der Waals surface area contributed by atoms with E-state index in [1.165, 1.54) is 6.07 Å². The second-order valence-corrected chi connectivity index (χ2v) is 7.35. The Balaban J connectivity index is 1.87. The zero-order chi connectivity index (χ0) is 19.1. The predicted octanol–water partition coefficient (Wildman–Crippen LogP) is 4.65. The molecule has 1 aliphatic rings. The lowest BCUT2D eigenvalue weighted by Gasteiger charge is -2.28. The van der Waals surface area contributed by atoms with Crippen molar-refractivity contribution in [3.05, 3.63) is 82.7 Å². The molecule has 0 saturated carbocycles. The maximum atomic E-state index is 13.8. The molecule has 2 atom stereocenters. The third-order valence-electron chi connectivity index (χ3n) is 5.03. The number of nitrogens with one attached hydrogen (secondary N) is 2. The fourth-order valence-electron chi connectivity index (χ4n) is 3.78. The number of aromatic amines is 1. The van der Waals surface area contributed by atoms with Crippen LogP contribution in [0, 0.1) is 26.6 Å². The summed E-state index contributed by atoms with van der Waals surface area (Å²) in [7, 11) is 0. The monoisotopic (exact) mass is 380 g/mol. The van der Waals surface area contributed by atoms with Crippen LogP contribution in [-0.4, -0.2) is 15.1 Å². The number of nitrogens with zero attached hydrogens (tertiary/aromatic N) is 2. The minimum absolute atomic E-state index is 0.0813. The first-order valence-corrected chi connectivity index (χ1v) is 9.29. The number of thiocarbonyl (C=S) groups is 1. The molecular formula is C21H21FN4S. The highest BCUT2D eigenvalue weighted by Gasteiger charge is 2.41. The second-order valence-electron chi connectivity index (χ2n) is 6.96. The van der Waals surface area contributed by atoms with E-state index < -0.39 is 0 Å². The Morgan fingerprint density at radius 2 is 1.93 bits per heavy atom. The third kappa shape index (κ3) is 3.10. The molecule has 27 heavy (non-hydrogen) atoms. The highest BCUT2D eigenvalue weighted by atomic mass is 32.1. The number of rotatable bonds is 3. The van der Waals surface area contributed by atoms with Crippen molar-refractivity contribution in [1.82, 2.24) is 15.3 Å². The van der Waals surface area contributed by atoms with Gasteiger partial charge in [-0.3, -0.25) is 4.98 Å². The number of aromatic nitrogens is 2. The maximum Gasteiger partial charge on any atom is 0.174 e. The van der Waals surface area contributed by atoms with Gasteiger partial charge in [-0.25, -0.2) is 4.39 Å². The fraction of sp³-hybridized carbons (Fsp3) is 0.238. The molecule has 1 fully saturated rings. The first-order chi connectivity index (χ1) is 13.0. The molecular weight excluding hydrogens is 359 g/mol. The Morgan fingerprint density at radius 3 is 2.56 bits per heavy atom. The van der Waals surface area contributed by atoms with Gasteiger partial charge in [0, 0.05) is 23.3 Å². The van der Waals surface area contributed by atoms with E-state index in [9.17, 15) is 4.39 Å². The number of halogens is 1. The summed E-state index contributed by atoms with van der Waals surface area (Å²) >= 11 is 5.69. The molecule has 1 aromatic carbocycles. The van der Waals surface area contributed by atoms with Gasteiger partial charge in [0.1, 0.15) is 5.82 Å². The van der Waals surface area contributed by atoms with Crippen molar-refractivity contribution < 1.29 is 4.39 Å². The van der Waals surface area contributed by atoms with E-state index >= 15 is 0 Å². The highest BCUT2D eigenvalue weighted by molar-refractivity contribution is 7.80. The van der Waals surface area contributed by atoms with Crippen LogP contribution in [0.3, 0.4) is 0 Å². The zero-order valence-electron chi connectivity index (χ0n) is 15.5. The van der Waals surface area contributed by atoms with Gasteiger partial charge < -0.3 is 15.2 Å². The molecule has 0 unspecified atom stereocenters. The van der Waals surface area contributed by atoms with Crippen LogP contribution in [0.15, 0.2) is 48.7 Å². The Hall–Kier alpha value is -2.73. The van der Waals surface area contributed by atoms with E-state index in [0.29, 0.717) is 10.7 Å². The SMILES string of the molecule is Cc1cc([C@@H]2[C@@H](c3ccccn3)NC(=S)N2c2ccc(F)c(C)c2)c(C)[nH]1. The van der Waals surface area contributed by atoms with E-state index in [1.807, 2.05) is 31.2 Å². The Morgan fingerprint density at radius 1 is 1.11 bits per heavy atom. The van der Waals surface area contributed by atoms with Gasteiger partial charge in [0.05, 0.1) is 17.8 Å². The van der Waals surface area contributed by atoms with Gasteiger partial charge in [-0.1, -0.05) is 6.07 Å². The van der Waals surface area contributed by atoms with Gasteiger partial charge >= 0.3 is 0 Å². The van der Waals surface area contributed by atoms with Crippen LogP contribution in [-0.2, 0) is 0 Å². The summed E-state index contributed by atoms with van der Waals surface area (Å²) in [4.78, 5) is 10.0. The number of hydrogen-bond donors (Lipinski definition) is 2. The van der Waals surface area contributed by atoms with Crippen molar-refractivity contribution in [2.45, 2.75) is 32.9 Å². The average Bonchev–Trinajstić information content (AvgIpc) is 3.16. The van der Waals surface area contributed by atoms with Crippen LogP contribution in [0.5, 0.6) is 0 Å².